The van der Waals surface area contributed by atoms with Crippen molar-refractivity contribution < 1.29 is 4.39 Å². The average Bonchev–Trinajstić information content (AvgIpc) is 2.66. The Morgan fingerprint density at radius 2 is 2.12 bits per heavy atom. The van der Waals surface area contributed by atoms with Crippen LogP contribution in [0.5, 0.6) is 0 Å². The van der Waals surface area contributed by atoms with Crippen LogP contribution in [0.4, 0.5) is 4.39 Å². The molecule has 2 rings (SSSR count). The van der Waals surface area contributed by atoms with E-state index in [0.29, 0.717) is 0 Å². The van der Waals surface area contributed by atoms with E-state index < -0.39 is 0 Å². The monoisotopic (exact) mass is 235 g/mol. The summed E-state index contributed by atoms with van der Waals surface area (Å²) < 4.78 is 14.3. The molecule has 1 aromatic rings. The van der Waals surface area contributed by atoms with Crippen LogP contribution in [0.15, 0.2) is 12.1 Å². The molecule has 0 amide bonds. The van der Waals surface area contributed by atoms with Gasteiger partial charge in [0.1, 0.15) is 5.82 Å². The molecule has 1 aromatic carbocycles. The molecular formula is C15H22FN. The third kappa shape index (κ3) is 2.23. The quantitative estimate of drug-likeness (QED) is 0.839. The van der Waals surface area contributed by atoms with Crippen LogP contribution in [-0.4, -0.2) is 6.54 Å². The Bertz CT molecular complexity index is 382. The molecule has 1 N–H and O–H groups in total. The maximum absolute atomic E-state index is 14.3. The molecule has 0 aliphatic carbocycles. The van der Waals surface area contributed by atoms with Crippen molar-refractivity contribution in [3.05, 3.63) is 34.6 Å². The van der Waals surface area contributed by atoms with Crippen molar-refractivity contribution in [1.82, 2.24) is 5.32 Å². The van der Waals surface area contributed by atoms with Crippen LogP contribution in [0, 0.1) is 19.7 Å². The van der Waals surface area contributed by atoms with Crippen LogP contribution >= 0.6 is 0 Å². The fraction of sp³-hybridized carbons (Fsp3) is 0.600. The summed E-state index contributed by atoms with van der Waals surface area (Å²) in [6, 6.07) is 3.76. The Hall–Kier alpha value is -0.890. The third-order valence-electron chi connectivity index (χ3n) is 3.83. The number of rotatable bonds is 3. The van der Waals surface area contributed by atoms with E-state index in [9.17, 15) is 4.39 Å². The van der Waals surface area contributed by atoms with Crippen molar-refractivity contribution in [3.63, 3.8) is 0 Å². The summed E-state index contributed by atoms with van der Waals surface area (Å²) in [6.45, 7) is 7.16. The fourth-order valence-corrected chi connectivity index (χ4v) is 3.31. The highest BCUT2D eigenvalue weighted by Gasteiger charge is 2.37. The fourth-order valence-electron chi connectivity index (χ4n) is 3.31. The molecule has 1 aliphatic rings. The number of benzene rings is 1. The van der Waals surface area contributed by atoms with E-state index in [1.54, 1.807) is 6.07 Å². The van der Waals surface area contributed by atoms with E-state index >= 15 is 0 Å². The summed E-state index contributed by atoms with van der Waals surface area (Å²) in [6.07, 6.45) is 4.31. The van der Waals surface area contributed by atoms with Crippen LogP contribution < -0.4 is 5.32 Å². The van der Waals surface area contributed by atoms with Gasteiger partial charge in [0, 0.05) is 11.1 Å². The van der Waals surface area contributed by atoms with Gasteiger partial charge in [0.25, 0.3) is 0 Å². The van der Waals surface area contributed by atoms with Gasteiger partial charge < -0.3 is 5.32 Å². The lowest BCUT2D eigenvalue weighted by Gasteiger charge is -2.32. The number of hydrogen-bond donors (Lipinski definition) is 1. The van der Waals surface area contributed by atoms with E-state index in [1.807, 2.05) is 13.8 Å². The van der Waals surface area contributed by atoms with Crippen LogP contribution in [0.25, 0.3) is 0 Å². The molecule has 2 heteroatoms. The molecule has 0 radical (unpaired) electrons. The van der Waals surface area contributed by atoms with Gasteiger partial charge in [-0.25, -0.2) is 4.39 Å². The molecule has 1 saturated heterocycles. The molecule has 1 aliphatic heterocycles. The van der Waals surface area contributed by atoms with Crippen LogP contribution in [0.2, 0.25) is 0 Å². The predicted octanol–water partition coefficient (Wildman–Crippen LogP) is 3.82. The van der Waals surface area contributed by atoms with Gasteiger partial charge in [0.2, 0.25) is 0 Å². The highest BCUT2D eigenvalue weighted by atomic mass is 19.1. The molecule has 94 valence electrons. The number of hydrogen-bond acceptors (Lipinski definition) is 1. The summed E-state index contributed by atoms with van der Waals surface area (Å²) in [5.41, 5.74) is 2.89. The van der Waals surface area contributed by atoms with Gasteiger partial charge in [-0.15, -0.1) is 0 Å². The summed E-state index contributed by atoms with van der Waals surface area (Å²) in [7, 11) is 0. The molecule has 1 nitrogen and oxygen atoms in total. The summed E-state index contributed by atoms with van der Waals surface area (Å²) in [5.74, 6) is -0.0367. The maximum atomic E-state index is 14.3. The zero-order chi connectivity index (χ0) is 12.5. The van der Waals surface area contributed by atoms with Crippen LogP contribution in [0.1, 0.15) is 49.3 Å². The van der Waals surface area contributed by atoms with Crippen molar-refractivity contribution in [2.24, 2.45) is 0 Å². The zero-order valence-electron chi connectivity index (χ0n) is 11.1. The molecule has 1 heterocycles. The largest absolute Gasteiger partial charge is 0.307 e. The van der Waals surface area contributed by atoms with E-state index in [-0.39, 0.29) is 11.4 Å². The molecule has 1 atom stereocenters. The number of nitrogens with one attached hydrogen (secondary N) is 1. The topological polar surface area (TPSA) is 12.0 Å². The van der Waals surface area contributed by atoms with Gasteiger partial charge in [0.15, 0.2) is 0 Å². The molecule has 0 saturated carbocycles. The highest BCUT2D eigenvalue weighted by molar-refractivity contribution is 5.38. The first-order valence-corrected chi connectivity index (χ1v) is 6.61. The third-order valence-corrected chi connectivity index (χ3v) is 3.83. The number of aryl methyl sites for hydroxylation is 2. The van der Waals surface area contributed by atoms with Gasteiger partial charge in [0.05, 0.1) is 0 Å². The van der Waals surface area contributed by atoms with Gasteiger partial charge >= 0.3 is 0 Å². The lowest BCUT2D eigenvalue weighted by molar-refractivity contribution is 0.339. The van der Waals surface area contributed by atoms with Gasteiger partial charge in [-0.1, -0.05) is 19.4 Å². The molecule has 0 aromatic heterocycles. The summed E-state index contributed by atoms with van der Waals surface area (Å²) in [5, 5.41) is 3.55. The van der Waals surface area contributed by atoms with Gasteiger partial charge in [-0.3, -0.25) is 0 Å². The SMILES string of the molecule is CCCC1(c2c(C)cc(C)cc2F)CCCN1. The molecule has 0 bridgehead atoms. The lowest BCUT2D eigenvalue weighted by atomic mass is 9.81. The van der Waals surface area contributed by atoms with Crippen molar-refractivity contribution in [1.29, 1.82) is 0 Å². The van der Waals surface area contributed by atoms with Crippen LogP contribution in [0.3, 0.4) is 0 Å². The van der Waals surface area contributed by atoms with Crippen molar-refractivity contribution in [3.8, 4) is 0 Å². The van der Waals surface area contributed by atoms with E-state index in [2.05, 4.69) is 18.3 Å². The van der Waals surface area contributed by atoms with Crippen LogP contribution in [-0.2, 0) is 5.54 Å². The highest BCUT2D eigenvalue weighted by Crippen LogP contribution is 2.38. The van der Waals surface area contributed by atoms with E-state index in [0.717, 1.165) is 48.9 Å². The first kappa shape index (κ1) is 12.6. The smallest absolute Gasteiger partial charge is 0.128 e. The predicted molar refractivity (Wildman–Crippen MR) is 69.7 cm³/mol. The Labute approximate surface area is 103 Å². The van der Waals surface area contributed by atoms with E-state index in [1.165, 1.54) is 0 Å². The minimum absolute atomic E-state index is 0.0367. The van der Waals surface area contributed by atoms with Gasteiger partial charge in [-0.05, 0) is 56.8 Å². The second kappa shape index (κ2) is 4.77. The minimum atomic E-state index is -0.114. The van der Waals surface area contributed by atoms with Crippen molar-refractivity contribution in [2.45, 2.75) is 52.0 Å². The van der Waals surface area contributed by atoms with Gasteiger partial charge in [-0.2, -0.15) is 0 Å². The Kier molecular flexibility index (Phi) is 3.53. The number of halogens is 1. The minimum Gasteiger partial charge on any atom is -0.307 e. The first-order chi connectivity index (χ1) is 8.09. The Morgan fingerprint density at radius 3 is 2.65 bits per heavy atom. The van der Waals surface area contributed by atoms with E-state index in [4.69, 9.17) is 0 Å². The summed E-state index contributed by atoms with van der Waals surface area (Å²) in [4.78, 5) is 0. The van der Waals surface area contributed by atoms with Crippen molar-refractivity contribution in [2.75, 3.05) is 6.54 Å². The Morgan fingerprint density at radius 1 is 1.35 bits per heavy atom. The van der Waals surface area contributed by atoms with Crippen molar-refractivity contribution >= 4 is 0 Å². The second-order valence-corrected chi connectivity index (χ2v) is 5.30. The molecule has 1 fully saturated rings. The molecule has 1 unspecified atom stereocenters. The molecular weight excluding hydrogens is 213 g/mol. The normalized spacial score (nSPS) is 24.2. The lowest BCUT2D eigenvalue weighted by Crippen LogP contribution is -2.38. The first-order valence-electron chi connectivity index (χ1n) is 6.61. The summed E-state index contributed by atoms with van der Waals surface area (Å²) >= 11 is 0. The molecule has 17 heavy (non-hydrogen) atoms. The standard InChI is InChI=1S/C15H22FN/c1-4-6-15(7-5-8-17-15)14-12(3)9-11(2)10-13(14)16/h9-10,17H,4-8H2,1-3H3. The maximum Gasteiger partial charge on any atom is 0.128 e. The molecule has 0 spiro atoms. The average molecular weight is 235 g/mol. The Balaban J connectivity index is 2.50. The second-order valence-electron chi connectivity index (χ2n) is 5.30. The zero-order valence-corrected chi connectivity index (χ0v) is 11.1.